The molecule has 96 valence electrons. The van der Waals surface area contributed by atoms with E-state index in [4.69, 9.17) is 5.26 Å². The SMILES string of the molecule is CC1(C)CCC(CC#N)CN1Cc1cccnc1. The van der Waals surface area contributed by atoms with E-state index in [9.17, 15) is 0 Å². The van der Waals surface area contributed by atoms with E-state index in [1.807, 2.05) is 18.5 Å². The summed E-state index contributed by atoms with van der Waals surface area (Å²) in [6.07, 6.45) is 6.76. The van der Waals surface area contributed by atoms with Gasteiger partial charge in [-0.2, -0.15) is 5.26 Å². The van der Waals surface area contributed by atoms with Gasteiger partial charge in [0.15, 0.2) is 0 Å². The third kappa shape index (κ3) is 3.08. The Morgan fingerprint density at radius 2 is 2.39 bits per heavy atom. The minimum atomic E-state index is 0.224. The molecule has 18 heavy (non-hydrogen) atoms. The Morgan fingerprint density at radius 3 is 3.06 bits per heavy atom. The zero-order chi connectivity index (χ0) is 13.0. The molecule has 0 spiro atoms. The van der Waals surface area contributed by atoms with Crippen LogP contribution in [0.25, 0.3) is 0 Å². The summed E-state index contributed by atoms with van der Waals surface area (Å²) in [5.74, 6) is 0.527. The number of pyridine rings is 1. The standard InChI is InChI=1S/C15H21N3/c1-15(2)7-5-13(6-8-16)11-18(15)12-14-4-3-9-17-10-14/h3-4,9-10,13H,5-7,11-12H2,1-2H3. The van der Waals surface area contributed by atoms with Gasteiger partial charge in [-0.05, 0) is 44.2 Å². The van der Waals surface area contributed by atoms with Crippen LogP contribution in [0.3, 0.4) is 0 Å². The first-order chi connectivity index (χ1) is 8.62. The largest absolute Gasteiger partial charge is 0.294 e. The first kappa shape index (κ1) is 13.0. The number of nitriles is 1. The lowest BCUT2D eigenvalue weighted by Gasteiger charge is -2.45. The summed E-state index contributed by atoms with van der Waals surface area (Å²) in [6, 6.07) is 6.42. The molecular weight excluding hydrogens is 222 g/mol. The topological polar surface area (TPSA) is 39.9 Å². The van der Waals surface area contributed by atoms with Crippen molar-refractivity contribution in [3.63, 3.8) is 0 Å². The number of likely N-dealkylation sites (tertiary alicyclic amines) is 1. The summed E-state index contributed by atoms with van der Waals surface area (Å²) in [4.78, 5) is 6.67. The highest BCUT2D eigenvalue weighted by atomic mass is 15.2. The van der Waals surface area contributed by atoms with Crippen LogP contribution in [0.5, 0.6) is 0 Å². The van der Waals surface area contributed by atoms with Crippen LogP contribution in [0.1, 0.15) is 38.7 Å². The normalized spacial score (nSPS) is 23.5. The van der Waals surface area contributed by atoms with Gasteiger partial charge >= 0.3 is 0 Å². The second-order valence-electron chi connectivity index (χ2n) is 5.82. The van der Waals surface area contributed by atoms with Crippen LogP contribution in [0.2, 0.25) is 0 Å². The minimum Gasteiger partial charge on any atom is -0.294 e. The van der Waals surface area contributed by atoms with Crippen LogP contribution < -0.4 is 0 Å². The highest BCUT2D eigenvalue weighted by molar-refractivity contribution is 5.09. The van der Waals surface area contributed by atoms with E-state index < -0.39 is 0 Å². The zero-order valence-corrected chi connectivity index (χ0v) is 11.3. The van der Waals surface area contributed by atoms with E-state index in [-0.39, 0.29) is 5.54 Å². The van der Waals surface area contributed by atoms with Gasteiger partial charge in [0, 0.05) is 37.4 Å². The molecule has 1 unspecified atom stereocenters. The maximum Gasteiger partial charge on any atom is 0.0625 e. The van der Waals surface area contributed by atoms with E-state index in [0.717, 1.165) is 13.1 Å². The van der Waals surface area contributed by atoms with Crippen molar-refractivity contribution in [2.75, 3.05) is 6.54 Å². The Morgan fingerprint density at radius 1 is 1.56 bits per heavy atom. The minimum absolute atomic E-state index is 0.224. The lowest BCUT2D eigenvalue weighted by Crippen LogP contribution is -2.49. The van der Waals surface area contributed by atoms with Crippen molar-refractivity contribution in [3.8, 4) is 6.07 Å². The van der Waals surface area contributed by atoms with Gasteiger partial charge in [-0.1, -0.05) is 6.07 Å². The van der Waals surface area contributed by atoms with Crippen LogP contribution in [0.15, 0.2) is 24.5 Å². The average molecular weight is 243 g/mol. The molecule has 1 saturated heterocycles. The predicted octanol–water partition coefficient (Wildman–Crippen LogP) is 2.99. The van der Waals surface area contributed by atoms with E-state index in [1.54, 1.807) is 0 Å². The highest BCUT2D eigenvalue weighted by Gasteiger charge is 2.33. The van der Waals surface area contributed by atoms with Crippen LogP contribution in [0.4, 0.5) is 0 Å². The molecule has 0 bridgehead atoms. The first-order valence-corrected chi connectivity index (χ1v) is 6.63. The molecule has 2 rings (SSSR count). The Balaban J connectivity index is 2.06. The fraction of sp³-hybridized carbons (Fsp3) is 0.600. The monoisotopic (exact) mass is 243 g/mol. The molecule has 3 heteroatoms. The molecule has 0 saturated carbocycles. The fourth-order valence-corrected chi connectivity index (χ4v) is 2.65. The maximum absolute atomic E-state index is 8.85. The summed E-state index contributed by atoms with van der Waals surface area (Å²) in [7, 11) is 0. The van der Waals surface area contributed by atoms with Gasteiger partial charge in [0.25, 0.3) is 0 Å². The van der Waals surface area contributed by atoms with Crippen molar-refractivity contribution in [3.05, 3.63) is 30.1 Å². The lowest BCUT2D eigenvalue weighted by atomic mass is 9.83. The van der Waals surface area contributed by atoms with Gasteiger partial charge in [-0.25, -0.2) is 0 Å². The van der Waals surface area contributed by atoms with Gasteiger partial charge in [-0.15, -0.1) is 0 Å². The van der Waals surface area contributed by atoms with Crippen LogP contribution in [0, 0.1) is 17.2 Å². The van der Waals surface area contributed by atoms with E-state index in [1.165, 1.54) is 18.4 Å². The quantitative estimate of drug-likeness (QED) is 0.819. The van der Waals surface area contributed by atoms with Gasteiger partial charge < -0.3 is 0 Å². The number of aromatic nitrogens is 1. The van der Waals surface area contributed by atoms with Crippen LogP contribution in [-0.4, -0.2) is 22.0 Å². The number of hydrogen-bond donors (Lipinski definition) is 0. The van der Waals surface area contributed by atoms with Crippen molar-refractivity contribution >= 4 is 0 Å². The van der Waals surface area contributed by atoms with E-state index in [2.05, 4.69) is 35.9 Å². The molecular formula is C15H21N3. The average Bonchev–Trinajstić information content (AvgIpc) is 2.35. The first-order valence-electron chi connectivity index (χ1n) is 6.63. The molecule has 1 aliphatic rings. The predicted molar refractivity (Wildman–Crippen MR) is 71.7 cm³/mol. The van der Waals surface area contributed by atoms with Gasteiger partial charge in [0.05, 0.1) is 6.07 Å². The van der Waals surface area contributed by atoms with Crippen molar-refractivity contribution in [2.24, 2.45) is 5.92 Å². The molecule has 1 aromatic heterocycles. The van der Waals surface area contributed by atoms with Crippen molar-refractivity contribution in [1.29, 1.82) is 5.26 Å². The Bertz CT molecular complexity index is 419. The maximum atomic E-state index is 8.85. The highest BCUT2D eigenvalue weighted by Crippen LogP contribution is 2.32. The number of nitrogens with zero attached hydrogens (tertiary/aromatic N) is 3. The van der Waals surface area contributed by atoms with Crippen molar-refractivity contribution in [2.45, 2.75) is 45.2 Å². The summed E-state index contributed by atoms with van der Waals surface area (Å²) in [6.45, 7) is 6.55. The third-order valence-electron chi connectivity index (χ3n) is 3.98. The summed E-state index contributed by atoms with van der Waals surface area (Å²) < 4.78 is 0. The van der Waals surface area contributed by atoms with E-state index >= 15 is 0 Å². The van der Waals surface area contributed by atoms with E-state index in [0.29, 0.717) is 12.3 Å². The molecule has 1 fully saturated rings. The number of rotatable bonds is 3. The summed E-state index contributed by atoms with van der Waals surface area (Å²) >= 11 is 0. The Kier molecular flexibility index (Phi) is 3.98. The molecule has 0 radical (unpaired) electrons. The molecule has 0 aromatic carbocycles. The molecule has 1 aromatic rings. The van der Waals surface area contributed by atoms with Gasteiger partial charge in [0.2, 0.25) is 0 Å². The molecule has 0 N–H and O–H groups in total. The van der Waals surface area contributed by atoms with Crippen molar-refractivity contribution < 1.29 is 0 Å². The smallest absolute Gasteiger partial charge is 0.0625 e. The van der Waals surface area contributed by atoms with Gasteiger partial charge in [-0.3, -0.25) is 9.88 Å². The van der Waals surface area contributed by atoms with Crippen LogP contribution in [-0.2, 0) is 6.54 Å². The summed E-state index contributed by atoms with van der Waals surface area (Å²) in [5, 5.41) is 8.85. The number of hydrogen-bond acceptors (Lipinski definition) is 3. The summed E-state index contributed by atoms with van der Waals surface area (Å²) in [5.41, 5.74) is 1.48. The second kappa shape index (κ2) is 5.49. The Hall–Kier alpha value is -1.40. The molecule has 3 nitrogen and oxygen atoms in total. The molecule has 1 atom stereocenters. The zero-order valence-electron chi connectivity index (χ0n) is 11.3. The van der Waals surface area contributed by atoms with Crippen molar-refractivity contribution in [1.82, 2.24) is 9.88 Å². The van der Waals surface area contributed by atoms with Gasteiger partial charge in [0.1, 0.15) is 0 Å². The number of piperidine rings is 1. The molecule has 0 amide bonds. The fourth-order valence-electron chi connectivity index (χ4n) is 2.65. The molecule has 0 aliphatic carbocycles. The van der Waals surface area contributed by atoms with Crippen LogP contribution >= 0.6 is 0 Å². The second-order valence-corrected chi connectivity index (χ2v) is 5.82. The molecule has 2 heterocycles. The third-order valence-corrected chi connectivity index (χ3v) is 3.98. The lowest BCUT2D eigenvalue weighted by molar-refractivity contribution is 0.0390. The Labute approximate surface area is 109 Å². The molecule has 1 aliphatic heterocycles.